The van der Waals surface area contributed by atoms with Crippen LogP contribution < -0.4 is 10.1 Å². The maximum atomic E-state index is 11.6. The SMILES string of the molecule is CCC[C@H](NC(=O)COc1ccc([N+](=O)[O-])cc1)C(=O)O. The number of hydrogen-bond acceptors (Lipinski definition) is 5. The van der Waals surface area contributed by atoms with Crippen LogP contribution in [0.3, 0.4) is 0 Å². The van der Waals surface area contributed by atoms with Crippen molar-refractivity contribution in [2.45, 2.75) is 25.8 Å². The van der Waals surface area contributed by atoms with Gasteiger partial charge in [-0.25, -0.2) is 4.79 Å². The molecule has 2 N–H and O–H groups in total. The summed E-state index contributed by atoms with van der Waals surface area (Å²) < 4.78 is 5.13. The van der Waals surface area contributed by atoms with E-state index in [0.29, 0.717) is 12.8 Å². The zero-order valence-electron chi connectivity index (χ0n) is 11.4. The molecule has 0 aromatic heterocycles. The summed E-state index contributed by atoms with van der Waals surface area (Å²) in [6, 6.07) is 4.30. The van der Waals surface area contributed by atoms with E-state index in [0.717, 1.165) is 0 Å². The number of ether oxygens (including phenoxy) is 1. The number of nitrogens with zero attached hydrogens (tertiary/aromatic N) is 1. The number of carboxylic acid groups (broad SMARTS) is 1. The van der Waals surface area contributed by atoms with Crippen molar-refractivity contribution in [1.29, 1.82) is 0 Å². The highest BCUT2D eigenvalue weighted by atomic mass is 16.6. The van der Waals surface area contributed by atoms with Gasteiger partial charge >= 0.3 is 5.97 Å². The lowest BCUT2D eigenvalue weighted by atomic mass is 10.2. The van der Waals surface area contributed by atoms with Crippen LogP contribution in [0.5, 0.6) is 5.75 Å². The first-order valence-corrected chi connectivity index (χ1v) is 6.33. The summed E-state index contributed by atoms with van der Waals surface area (Å²) in [5.74, 6) is -1.37. The average Bonchev–Trinajstić information content (AvgIpc) is 2.45. The fraction of sp³-hybridized carbons (Fsp3) is 0.385. The van der Waals surface area contributed by atoms with Gasteiger partial charge in [-0.3, -0.25) is 14.9 Å². The van der Waals surface area contributed by atoms with Crippen LogP contribution in [0.2, 0.25) is 0 Å². The van der Waals surface area contributed by atoms with Crippen molar-refractivity contribution >= 4 is 17.6 Å². The Bertz CT molecular complexity index is 514. The van der Waals surface area contributed by atoms with Gasteiger partial charge in [-0.2, -0.15) is 0 Å². The minimum absolute atomic E-state index is 0.0827. The van der Waals surface area contributed by atoms with Gasteiger partial charge in [0.1, 0.15) is 11.8 Å². The summed E-state index contributed by atoms with van der Waals surface area (Å²) in [5.41, 5.74) is -0.0827. The van der Waals surface area contributed by atoms with Gasteiger partial charge in [-0.05, 0) is 18.6 Å². The van der Waals surface area contributed by atoms with Crippen molar-refractivity contribution in [2.75, 3.05) is 6.61 Å². The Morgan fingerprint density at radius 1 is 1.38 bits per heavy atom. The molecule has 0 unspecified atom stereocenters. The Labute approximate surface area is 120 Å². The third kappa shape index (κ3) is 5.47. The lowest BCUT2D eigenvalue weighted by molar-refractivity contribution is -0.384. The van der Waals surface area contributed by atoms with Crippen LogP contribution in [0.1, 0.15) is 19.8 Å². The van der Waals surface area contributed by atoms with E-state index in [1.54, 1.807) is 0 Å². The number of non-ortho nitro benzene ring substituents is 1. The van der Waals surface area contributed by atoms with E-state index in [2.05, 4.69) is 5.32 Å². The zero-order valence-corrected chi connectivity index (χ0v) is 11.4. The van der Waals surface area contributed by atoms with E-state index in [1.165, 1.54) is 24.3 Å². The summed E-state index contributed by atoms with van der Waals surface area (Å²) >= 11 is 0. The quantitative estimate of drug-likeness (QED) is 0.552. The molecule has 1 atom stereocenters. The third-order valence-electron chi connectivity index (χ3n) is 2.63. The Balaban J connectivity index is 2.48. The molecule has 114 valence electrons. The van der Waals surface area contributed by atoms with Crippen LogP contribution in [0, 0.1) is 10.1 Å². The number of nitro groups is 1. The largest absolute Gasteiger partial charge is 0.484 e. The van der Waals surface area contributed by atoms with Crippen LogP contribution in [-0.4, -0.2) is 34.6 Å². The second-order valence-electron chi connectivity index (χ2n) is 4.29. The van der Waals surface area contributed by atoms with Crippen molar-refractivity contribution in [2.24, 2.45) is 0 Å². The molecule has 0 aliphatic carbocycles. The predicted molar refractivity (Wildman–Crippen MR) is 73.1 cm³/mol. The molecular weight excluding hydrogens is 280 g/mol. The van der Waals surface area contributed by atoms with E-state index in [4.69, 9.17) is 9.84 Å². The minimum atomic E-state index is -1.10. The average molecular weight is 296 g/mol. The monoisotopic (exact) mass is 296 g/mol. The van der Waals surface area contributed by atoms with Gasteiger partial charge in [0.25, 0.3) is 11.6 Å². The Morgan fingerprint density at radius 2 is 2.00 bits per heavy atom. The number of benzene rings is 1. The van der Waals surface area contributed by atoms with Crippen LogP contribution >= 0.6 is 0 Å². The number of aliphatic carboxylic acids is 1. The van der Waals surface area contributed by atoms with E-state index in [1.807, 2.05) is 6.92 Å². The van der Waals surface area contributed by atoms with Gasteiger partial charge in [0.15, 0.2) is 6.61 Å². The van der Waals surface area contributed by atoms with Gasteiger partial charge in [0.05, 0.1) is 4.92 Å². The van der Waals surface area contributed by atoms with E-state index < -0.39 is 22.8 Å². The molecule has 8 heteroatoms. The minimum Gasteiger partial charge on any atom is -0.484 e. The lowest BCUT2D eigenvalue weighted by Crippen LogP contribution is -2.42. The van der Waals surface area contributed by atoms with Gasteiger partial charge < -0.3 is 15.2 Å². The molecule has 0 saturated carbocycles. The molecule has 1 amide bonds. The molecule has 21 heavy (non-hydrogen) atoms. The number of rotatable bonds is 8. The number of hydrogen-bond donors (Lipinski definition) is 2. The Kier molecular flexibility index (Phi) is 6.12. The van der Waals surface area contributed by atoms with Crippen molar-refractivity contribution in [3.63, 3.8) is 0 Å². The molecule has 0 radical (unpaired) electrons. The number of nitrogens with one attached hydrogen (secondary N) is 1. The first kappa shape index (κ1) is 16.4. The molecule has 1 aromatic rings. The van der Waals surface area contributed by atoms with Crippen molar-refractivity contribution in [3.05, 3.63) is 34.4 Å². The molecule has 0 heterocycles. The molecule has 0 spiro atoms. The van der Waals surface area contributed by atoms with Crippen LogP contribution in [-0.2, 0) is 9.59 Å². The van der Waals surface area contributed by atoms with Gasteiger partial charge in [0, 0.05) is 12.1 Å². The lowest BCUT2D eigenvalue weighted by Gasteiger charge is -2.13. The highest BCUT2D eigenvalue weighted by molar-refractivity contribution is 5.84. The summed E-state index contributed by atoms with van der Waals surface area (Å²) in [4.78, 5) is 32.4. The smallest absolute Gasteiger partial charge is 0.326 e. The summed E-state index contributed by atoms with van der Waals surface area (Å²) in [7, 11) is 0. The number of carbonyl (C=O) groups is 2. The molecule has 0 fully saturated rings. The standard InChI is InChI=1S/C13H16N2O6/c1-2-3-11(13(17)18)14-12(16)8-21-10-6-4-9(5-7-10)15(19)20/h4-7,11H,2-3,8H2,1H3,(H,14,16)(H,17,18)/t11-/m0/s1. The number of nitro benzene ring substituents is 1. The van der Waals surface area contributed by atoms with Gasteiger partial charge in [-0.15, -0.1) is 0 Å². The maximum Gasteiger partial charge on any atom is 0.326 e. The van der Waals surface area contributed by atoms with E-state index in [9.17, 15) is 19.7 Å². The van der Waals surface area contributed by atoms with Crippen LogP contribution in [0.15, 0.2) is 24.3 Å². The topological polar surface area (TPSA) is 119 Å². The molecule has 0 aliphatic heterocycles. The number of carboxylic acids is 1. The third-order valence-corrected chi connectivity index (χ3v) is 2.63. The summed E-state index contributed by atoms with van der Waals surface area (Å²) in [5, 5.41) is 21.7. The first-order valence-electron chi connectivity index (χ1n) is 6.33. The summed E-state index contributed by atoms with van der Waals surface area (Å²) in [6.07, 6.45) is 0.957. The van der Waals surface area contributed by atoms with Crippen molar-refractivity contribution in [1.82, 2.24) is 5.32 Å². The fourth-order valence-electron chi connectivity index (χ4n) is 1.60. The highest BCUT2D eigenvalue weighted by Gasteiger charge is 2.18. The number of carbonyl (C=O) groups excluding carboxylic acids is 1. The van der Waals surface area contributed by atoms with Crippen molar-refractivity contribution < 1.29 is 24.4 Å². The molecule has 1 aromatic carbocycles. The van der Waals surface area contributed by atoms with Crippen LogP contribution in [0.25, 0.3) is 0 Å². The summed E-state index contributed by atoms with van der Waals surface area (Å²) in [6.45, 7) is 1.46. The normalized spacial score (nSPS) is 11.5. The van der Waals surface area contributed by atoms with Crippen molar-refractivity contribution in [3.8, 4) is 5.75 Å². The first-order chi connectivity index (χ1) is 9.93. The second kappa shape index (κ2) is 7.83. The predicted octanol–water partition coefficient (Wildman–Crippen LogP) is 1.34. The van der Waals surface area contributed by atoms with Crippen LogP contribution in [0.4, 0.5) is 5.69 Å². The molecule has 0 aliphatic rings. The van der Waals surface area contributed by atoms with Gasteiger partial charge in [0.2, 0.25) is 0 Å². The molecule has 0 bridgehead atoms. The van der Waals surface area contributed by atoms with E-state index in [-0.39, 0.29) is 18.0 Å². The number of amides is 1. The molecule has 1 rings (SSSR count). The molecular formula is C13H16N2O6. The highest BCUT2D eigenvalue weighted by Crippen LogP contribution is 2.17. The fourth-order valence-corrected chi connectivity index (χ4v) is 1.60. The molecule has 0 saturated heterocycles. The maximum absolute atomic E-state index is 11.6. The second-order valence-corrected chi connectivity index (χ2v) is 4.29. The Hall–Kier alpha value is -2.64. The van der Waals surface area contributed by atoms with Gasteiger partial charge in [-0.1, -0.05) is 13.3 Å². The Morgan fingerprint density at radius 3 is 2.48 bits per heavy atom. The molecule has 8 nitrogen and oxygen atoms in total. The van der Waals surface area contributed by atoms with E-state index >= 15 is 0 Å². The zero-order chi connectivity index (χ0) is 15.8.